The van der Waals surface area contributed by atoms with Gasteiger partial charge in [0, 0.05) is 22.2 Å². The predicted molar refractivity (Wildman–Crippen MR) is 120 cm³/mol. The maximum Gasteiger partial charge on any atom is 0.251 e. The van der Waals surface area contributed by atoms with Crippen LogP contribution in [0.25, 0.3) is 0 Å². The molecule has 1 aromatic carbocycles. The Labute approximate surface area is 186 Å². The summed E-state index contributed by atoms with van der Waals surface area (Å²) in [6.07, 6.45) is 4.49. The van der Waals surface area contributed by atoms with Crippen molar-refractivity contribution in [2.24, 2.45) is 0 Å². The number of carbonyl (C=O) groups is 2. The Morgan fingerprint density at radius 1 is 1.19 bits per heavy atom. The molecule has 0 bridgehead atoms. The van der Waals surface area contributed by atoms with Crippen LogP contribution in [0.2, 0.25) is 0 Å². The summed E-state index contributed by atoms with van der Waals surface area (Å²) in [5.74, 6) is 0.652. The molecule has 1 aromatic heterocycles. The number of fused-ring (bicyclic) bond motifs is 1. The molecule has 2 aromatic rings. The lowest BCUT2D eigenvalue weighted by molar-refractivity contribution is -0.136. The average Bonchev–Trinajstić information content (AvgIpc) is 3.39. The molecule has 7 heteroatoms. The lowest BCUT2D eigenvalue weighted by Gasteiger charge is -2.43. The van der Waals surface area contributed by atoms with Gasteiger partial charge in [-0.2, -0.15) is 0 Å². The Kier molecular flexibility index (Phi) is 5.44. The van der Waals surface area contributed by atoms with Gasteiger partial charge in [0.25, 0.3) is 5.91 Å². The minimum absolute atomic E-state index is 0.0366. The Morgan fingerprint density at radius 3 is 2.84 bits per heavy atom. The monoisotopic (exact) mass is 437 g/mol. The summed E-state index contributed by atoms with van der Waals surface area (Å²) < 4.78 is 5.68. The molecule has 3 heterocycles. The summed E-state index contributed by atoms with van der Waals surface area (Å²) in [6, 6.07) is 11.4. The molecule has 0 spiro atoms. The van der Waals surface area contributed by atoms with E-state index in [2.05, 4.69) is 10.6 Å². The largest absolute Gasteiger partial charge is 0.496 e. The third-order valence-electron chi connectivity index (χ3n) is 6.62. The zero-order chi connectivity index (χ0) is 21.4. The fourth-order valence-electron chi connectivity index (χ4n) is 5.26. The molecule has 0 saturated heterocycles. The van der Waals surface area contributed by atoms with Gasteiger partial charge < -0.3 is 20.3 Å². The van der Waals surface area contributed by atoms with Gasteiger partial charge >= 0.3 is 0 Å². The number of para-hydroxylation sites is 1. The smallest absolute Gasteiger partial charge is 0.251 e. The van der Waals surface area contributed by atoms with E-state index < -0.39 is 6.04 Å². The van der Waals surface area contributed by atoms with Crippen molar-refractivity contribution in [1.82, 2.24) is 15.5 Å². The van der Waals surface area contributed by atoms with E-state index in [9.17, 15) is 9.59 Å². The molecule has 0 radical (unpaired) electrons. The molecular formula is C24H27N3O3S. The lowest BCUT2D eigenvalue weighted by atomic mass is 9.87. The third kappa shape index (κ3) is 3.61. The molecule has 0 unspecified atom stereocenters. The van der Waals surface area contributed by atoms with E-state index in [1.165, 1.54) is 0 Å². The van der Waals surface area contributed by atoms with Crippen LogP contribution in [0, 0.1) is 0 Å². The van der Waals surface area contributed by atoms with Crippen molar-refractivity contribution in [3.63, 3.8) is 0 Å². The number of carbonyl (C=O) groups excluding carboxylic acids is 2. The highest BCUT2D eigenvalue weighted by Gasteiger charge is 2.46. The van der Waals surface area contributed by atoms with E-state index in [1.807, 2.05) is 46.7 Å². The highest BCUT2D eigenvalue weighted by molar-refractivity contribution is 7.10. The highest BCUT2D eigenvalue weighted by Crippen LogP contribution is 2.43. The van der Waals surface area contributed by atoms with Gasteiger partial charge in [-0.3, -0.25) is 9.59 Å². The first-order valence-corrected chi connectivity index (χ1v) is 11.8. The van der Waals surface area contributed by atoms with Gasteiger partial charge in [0.1, 0.15) is 5.75 Å². The van der Waals surface area contributed by atoms with Crippen LogP contribution in [0.15, 0.2) is 53.0 Å². The van der Waals surface area contributed by atoms with Crippen molar-refractivity contribution in [2.45, 2.75) is 50.2 Å². The van der Waals surface area contributed by atoms with Gasteiger partial charge in [-0.25, -0.2) is 0 Å². The van der Waals surface area contributed by atoms with Gasteiger partial charge in [-0.15, -0.1) is 11.3 Å². The van der Waals surface area contributed by atoms with E-state index in [1.54, 1.807) is 18.4 Å². The van der Waals surface area contributed by atoms with Crippen LogP contribution in [0.5, 0.6) is 5.75 Å². The fourth-order valence-corrected chi connectivity index (χ4v) is 5.96. The average molecular weight is 438 g/mol. The number of nitrogens with one attached hydrogen (secondary N) is 2. The molecule has 5 rings (SSSR count). The summed E-state index contributed by atoms with van der Waals surface area (Å²) in [7, 11) is 1.64. The van der Waals surface area contributed by atoms with Gasteiger partial charge in [0.2, 0.25) is 5.91 Å². The third-order valence-corrected chi connectivity index (χ3v) is 7.50. The van der Waals surface area contributed by atoms with Gasteiger partial charge in [-0.05, 0) is 30.4 Å². The fraction of sp³-hybridized carbons (Fsp3) is 0.417. The zero-order valence-corrected chi connectivity index (χ0v) is 18.4. The van der Waals surface area contributed by atoms with E-state index in [0.29, 0.717) is 24.3 Å². The number of rotatable bonds is 4. The van der Waals surface area contributed by atoms with Crippen LogP contribution in [0.4, 0.5) is 0 Å². The summed E-state index contributed by atoms with van der Waals surface area (Å²) in [6.45, 7) is 0.482. The topological polar surface area (TPSA) is 70.7 Å². The van der Waals surface area contributed by atoms with Crippen LogP contribution in [-0.2, 0) is 16.0 Å². The lowest BCUT2D eigenvalue weighted by Crippen LogP contribution is -2.54. The number of benzene rings is 1. The van der Waals surface area contributed by atoms with Crippen molar-refractivity contribution in [3.05, 3.63) is 63.5 Å². The first kappa shape index (κ1) is 20.1. The second-order valence-electron chi connectivity index (χ2n) is 8.38. The molecule has 3 aliphatic rings. The predicted octanol–water partition coefficient (Wildman–Crippen LogP) is 3.17. The van der Waals surface area contributed by atoms with Crippen LogP contribution in [-0.4, -0.2) is 42.5 Å². The number of methoxy groups -OCH3 is 1. The number of hydrogen-bond acceptors (Lipinski definition) is 5. The van der Waals surface area contributed by atoms with E-state index in [-0.39, 0.29) is 23.9 Å². The van der Waals surface area contributed by atoms with Crippen LogP contribution in [0.3, 0.4) is 0 Å². The highest BCUT2D eigenvalue weighted by atomic mass is 32.1. The normalized spacial score (nSPS) is 25.3. The number of hydrogen-bond donors (Lipinski definition) is 2. The van der Waals surface area contributed by atoms with Crippen LogP contribution in [0.1, 0.15) is 42.2 Å². The molecule has 6 nitrogen and oxygen atoms in total. The molecular weight excluding hydrogens is 410 g/mol. The van der Waals surface area contributed by atoms with E-state index >= 15 is 0 Å². The first-order valence-electron chi connectivity index (χ1n) is 10.9. The van der Waals surface area contributed by atoms with Crippen molar-refractivity contribution in [1.29, 1.82) is 0 Å². The number of nitrogens with zero attached hydrogens (tertiary/aromatic N) is 1. The Balaban J connectivity index is 1.66. The quantitative estimate of drug-likeness (QED) is 0.771. The summed E-state index contributed by atoms with van der Waals surface area (Å²) in [5, 5.41) is 8.63. The first-order chi connectivity index (χ1) is 15.2. The minimum Gasteiger partial charge on any atom is -0.496 e. The van der Waals surface area contributed by atoms with Crippen molar-refractivity contribution in [3.8, 4) is 5.75 Å². The summed E-state index contributed by atoms with van der Waals surface area (Å²) in [5.41, 5.74) is 2.43. The minimum atomic E-state index is -0.471. The molecule has 1 fully saturated rings. The molecule has 1 saturated carbocycles. The summed E-state index contributed by atoms with van der Waals surface area (Å²) in [4.78, 5) is 30.0. The molecule has 2 aliphatic heterocycles. The van der Waals surface area contributed by atoms with Gasteiger partial charge in [0.05, 0.1) is 37.7 Å². The molecule has 31 heavy (non-hydrogen) atoms. The van der Waals surface area contributed by atoms with Gasteiger partial charge in [-0.1, -0.05) is 37.1 Å². The maximum absolute atomic E-state index is 13.9. The van der Waals surface area contributed by atoms with Crippen molar-refractivity contribution in [2.75, 3.05) is 13.7 Å². The number of thiophene rings is 1. The summed E-state index contributed by atoms with van der Waals surface area (Å²) >= 11 is 1.60. The van der Waals surface area contributed by atoms with Crippen molar-refractivity contribution < 1.29 is 14.3 Å². The van der Waals surface area contributed by atoms with E-state index in [0.717, 1.165) is 41.8 Å². The number of amides is 2. The Morgan fingerprint density at radius 2 is 2.03 bits per heavy atom. The molecule has 162 valence electrons. The molecule has 3 atom stereocenters. The maximum atomic E-state index is 13.9. The standard InChI is InChI=1S/C24H27N3O3S/c1-30-20-11-5-2-8-16(20)23-22-18(14-25-24(22)29)26-17-9-3-4-10-19(17)27(23)21(28)13-15-7-6-12-31-15/h2,5-8,11-12,17,19,23,26H,3-4,9-10,13-14H2,1H3,(H,25,29)/t17-,19-,23-/m1/s1. The van der Waals surface area contributed by atoms with Gasteiger partial charge in [0.15, 0.2) is 0 Å². The van der Waals surface area contributed by atoms with E-state index in [4.69, 9.17) is 4.74 Å². The zero-order valence-electron chi connectivity index (χ0n) is 17.6. The molecule has 2 N–H and O–H groups in total. The van der Waals surface area contributed by atoms with Crippen LogP contribution >= 0.6 is 11.3 Å². The Bertz CT molecular complexity index is 1020. The SMILES string of the molecule is COc1ccccc1[C@@H]1C2=C(CNC2=O)N[C@@H]2CCCC[C@H]2N1C(=O)Cc1cccs1. The Hall–Kier alpha value is -2.80. The van der Waals surface area contributed by atoms with Crippen LogP contribution < -0.4 is 15.4 Å². The number of ether oxygens (including phenoxy) is 1. The second kappa shape index (κ2) is 8.38. The van der Waals surface area contributed by atoms with Crippen molar-refractivity contribution >= 4 is 23.2 Å². The molecule has 1 aliphatic carbocycles. The molecule has 2 amide bonds. The second-order valence-corrected chi connectivity index (χ2v) is 9.41.